The van der Waals surface area contributed by atoms with Crippen molar-refractivity contribution in [3.63, 3.8) is 0 Å². The second kappa shape index (κ2) is 11.4. The van der Waals surface area contributed by atoms with Gasteiger partial charge in [0.05, 0.1) is 0 Å². The lowest BCUT2D eigenvalue weighted by molar-refractivity contribution is 1.27. The molecule has 0 aliphatic heterocycles. The lowest BCUT2D eigenvalue weighted by Gasteiger charge is -1.95. The third-order valence-corrected chi connectivity index (χ3v) is 1.45. The van der Waals surface area contributed by atoms with Gasteiger partial charge in [0.25, 0.3) is 0 Å². The molecule has 0 amide bonds. The Labute approximate surface area is 89.9 Å². The molecule has 0 saturated heterocycles. The van der Waals surface area contributed by atoms with Crippen molar-refractivity contribution >= 4 is 21.7 Å². The summed E-state index contributed by atoms with van der Waals surface area (Å²) in [6.45, 7) is 8.00. The van der Waals surface area contributed by atoms with Gasteiger partial charge < -0.3 is 5.32 Å². The molecule has 76 valence electrons. The minimum atomic E-state index is 0.887. The van der Waals surface area contributed by atoms with Gasteiger partial charge in [0.1, 0.15) is 5.82 Å². The van der Waals surface area contributed by atoms with Crippen LogP contribution in [0.3, 0.4) is 0 Å². The first-order valence-electron chi connectivity index (χ1n) is 4.62. The van der Waals surface area contributed by atoms with Gasteiger partial charge >= 0.3 is 0 Å². The second-order valence-electron chi connectivity index (χ2n) is 1.61. The highest BCUT2D eigenvalue weighted by Crippen LogP contribution is 2.09. The predicted octanol–water partition coefficient (Wildman–Crippen LogP) is 3.94. The van der Waals surface area contributed by atoms with Crippen molar-refractivity contribution in [3.8, 4) is 0 Å². The summed E-state index contributed by atoms with van der Waals surface area (Å²) in [5, 5.41) is 2.92. The Hall–Kier alpha value is -0.570. The molecule has 0 unspecified atom stereocenters. The molecule has 1 N–H and O–H groups in total. The van der Waals surface area contributed by atoms with Crippen LogP contribution in [-0.4, -0.2) is 12.0 Å². The van der Waals surface area contributed by atoms with E-state index in [1.807, 2.05) is 46.9 Å². The first-order chi connectivity index (χ1) is 6.33. The molecular formula is C10H19BrN2. The number of nitrogens with one attached hydrogen (secondary N) is 1. The Bertz CT molecular complexity index is 185. The standard InChI is InChI=1S/C6H7BrN2.2C2H6/c1-8-6-3-2-5(7)4-9-6;2*1-2/h2-4H,1H3,(H,8,9);2*1-2H3. The number of nitrogens with zero attached hydrogens (tertiary/aromatic N) is 1. The Balaban J connectivity index is 0. The van der Waals surface area contributed by atoms with Crippen molar-refractivity contribution in [1.82, 2.24) is 4.98 Å². The van der Waals surface area contributed by atoms with E-state index in [-0.39, 0.29) is 0 Å². The number of hydrogen-bond donors (Lipinski definition) is 1. The molecular weight excluding hydrogens is 228 g/mol. The third-order valence-electron chi connectivity index (χ3n) is 0.984. The van der Waals surface area contributed by atoms with E-state index < -0.39 is 0 Å². The maximum Gasteiger partial charge on any atom is 0.125 e. The quantitative estimate of drug-likeness (QED) is 0.813. The van der Waals surface area contributed by atoms with Crippen LogP contribution < -0.4 is 5.32 Å². The van der Waals surface area contributed by atoms with Crippen LogP contribution in [0.15, 0.2) is 22.8 Å². The summed E-state index contributed by atoms with van der Waals surface area (Å²) in [6, 6.07) is 3.85. The molecule has 0 atom stereocenters. The maximum atomic E-state index is 4.04. The normalized spacial score (nSPS) is 7.23. The molecule has 3 heteroatoms. The minimum Gasteiger partial charge on any atom is -0.373 e. The molecule has 2 nitrogen and oxygen atoms in total. The van der Waals surface area contributed by atoms with Crippen LogP contribution in [0.4, 0.5) is 5.82 Å². The maximum absolute atomic E-state index is 4.04. The van der Waals surface area contributed by atoms with Crippen molar-refractivity contribution in [1.29, 1.82) is 0 Å². The van der Waals surface area contributed by atoms with E-state index in [1.165, 1.54) is 0 Å². The van der Waals surface area contributed by atoms with E-state index in [0.29, 0.717) is 0 Å². The summed E-state index contributed by atoms with van der Waals surface area (Å²) in [6.07, 6.45) is 1.76. The SMILES string of the molecule is CC.CC.CNc1ccc(Br)cn1. The highest BCUT2D eigenvalue weighted by Gasteiger charge is 1.86. The van der Waals surface area contributed by atoms with Gasteiger partial charge in [0.15, 0.2) is 0 Å². The van der Waals surface area contributed by atoms with Crippen molar-refractivity contribution < 1.29 is 0 Å². The lowest BCUT2D eigenvalue weighted by Crippen LogP contribution is -1.89. The van der Waals surface area contributed by atoms with E-state index >= 15 is 0 Å². The smallest absolute Gasteiger partial charge is 0.125 e. The van der Waals surface area contributed by atoms with Crippen LogP contribution in [0.5, 0.6) is 0 Å². The van der Waals surface area contributed by atoms with Gasteiger partial charge in [-0.15, -0.1) is 0 Å². The van der Waals surface area contributed by atoms with E-state index in [0.717, 1.165) is 10.3 Å². The fourth-order valence-corrected chi connectivity index (χ4v) is 0.758. The van der Waals surface area contributed by atoms with E-state index in [4.69, 9.17) is 0 Å². The van der Waals surface area contributed by atoms with Gasteiger partial charge in [0, 0.05) is 17.7 Å². The Morgan fingerprint density at radius 3 is 2.00 bits per heavy atom. The summed E-state index contributed by atoms with van der Waals surface area (Å²) in [5.41, 5.74) is 0. The minimum absolute atomic E-state index is 0.887. The van der Waals surface area contributed by atoms with Gasteiger partial charge in [-0.1, -0.05) is 27.7 Å². The summed E-state index contributed by atoms with van der Waals surface area (Å²) < 4.78 is 1.00. The molecule has 0 aliphatic rings. The van der Waals surface area contributed by atoms with Crippen LogP contribution in [0.1, 0.15) is 27.7 Å². The average molecular weight is 247 g/mol. The Kier molecular flexibility index (Phi) is 13.1. The Morgan fingerprint density at radius 2 is 1.69 bits per heavy atom. The molecule has 0 aromatic carbocycles. The number of rotatable bonds is 1. The van der Waals surface area contributed by atoms with Crippen molar-refractivity contribution in [3.05, 3.63) is 22.8 Å². The van der Waals surface area contributed by atoms with E-state index in [9.17, 15) is 0 Å². The zero-order valence-electron chi connectivity index (χ0n) is 9.06. The molecule has 1 aromatic rings. The van der Waals surface area contributed by atoms with Crippen molar-refractivity contribution in [2.45, 2.75) is 27.7 Å². The third kappa shape index (κ3) is 7.78. The summed E-state index contributed by atoms with van der Waals surface area (Å²) >= 11 is 3.28. The molecule has 0 radical (unpaired) electrons. The number of pyridine rings is 1. The summed E-state index contributed by atoms with van der Waals surface area (Å²) in [7, 11) is 1.84. The number of hydrogen-bond acceptors (Lipinski definition) is 2. The van der Waals surface area contributed by atoms with Crippen molar-refractivity contribution in [2.75, 3.05) is 12.4 Å². The van der Waals surface area contributed by atoms with Gasteiger partial charge in [0.2, 0.25) is 0 Å². The van der Waals surface area contributed by atoms with Crippen LogP contribution in [0.25, 0.3) is 0 Å². The van der Waals surface area contributed by atoms with Crippen molar-refractivity contribution in [2.24, 2.45) is 0 Å². The Morgan fingerprint density at radius 1 is 1.15 bits per heavy atom. The van der Waals surface area contributed by atoms with Gasteiger partial charge in [-0.05, 0) is 28.1 Å². The largest absolute Gasteiger partial charge is 0.373 e. The highest BCUT2D eigenvalue weighted by molar-refractivity contribution is 9.10. The van der Waals surface area contributed by atoms with Crippen LogP contribution >= 0.6 is 15.9 Å². The van der Waals surface area contributed by atoms with Crippen LogP contribution in [0.2, 0.25) is 0 Å². The average Bonchev–Trinajstić information content (AvgIpc) is 2.25. The van der Waals surface area contributed by atoms with E-state index in [2.05, 4.69) is 26.2 Å². The fourth-order valence-electron chi connectivity index (χ4n) is 0.524. The molecule has 1 aromatic heterocycles. The van der Waals surface area contributed by atoms with Crippen LogP contribution in [0, 0.1) is 0 Å². The predicted molar refractivity (Wildman–Crippen MR) is 64.2 cm³/mol. The van der Waals surface area contributed by atoms with Gasteiger partial charge in [-0.2, -0.15) is 0 Å². The van der Waals surface area contributed by atoms with Gasteiger partial charge in [-0.25, -0.2) is 4.98 Å². The summed E-state index contributed by atoms with van der Waals surface area (Å²) in [4.78, 5) is 4.04. The lowest BCUT2D eigenvalue weighted by atomic mass is 10.5. The summed E-state index contributed by atoms with van der Waals surface area (Å²) in [5.74, 6) is 0.887. The number of halogens is 1. The molecule has 0 saturated carbocycles. The molecule has 1 rings (SSSR count). The van der Waals surface area contributed by atoms with Crippen LogP contribution in [-0.2, 0) is 0 Å². The first-order valence-corrected chi connectivity index (χ1v) is 5.41. The first kappa shape index (κ1) is 14.9. The molecule has 1 heterocycles. The number of anilines is 1. The zero-order chi connectivity index (χ0) is 10.7. The van der Waals surface area contributed by atoms with Gasteiger partial charge in [-0.3, -0.25) is 0 Å². The molecule has 0 fully saturated rings. The second-order valence-corrected chi connectivity index (χ2v) is 2.53. The number of aromatic nitrogens is 1. The van der Waals surface area contributed by atoms with E-state index in [1.54, 1.807) is 6.20 Å². The molecule has 0 spiro atoms. The fraction of sp³-hybridized carbons (Fsp3) is 0.500. The zero-order valence-corrected chi connectivity index (χ0v) is 10.6. The monoisotopic (exact) mass is 246 g/mol. The topological polar surface area (TPSA) is 24.9 Å². The highest BCUT2D eigenvalue weighted by atomic mass is 79.9. The molecule has 13 heavy (non-hydrogen) atoms. The molecule has 0 aliphatic carbocycles. The molecule has 0 bridgehead atoms.